The molecule has 3 aromatic carbocycles. The Morgan fingerprint density at radius 1 is 1.03 bits per heavy atom. The Morgan fingerprint density at radius 3 is 2.48 bits per heavy atom. The van der Waals surface area contributed by atoms with Crippen LogP contribution in [0.3, 0.4) is 0 Å². The van der Waals surface area contributed by atoms with Crippen LogP contribution in [0.4, 0.5) is 10.1 Å². The largest absolute Gasteiger partial charge is 0.264 e. The number of fused-ring (bicyclic) bond motifs is 1. The molecule has 3 aromatic rings. The lowest BCUT2D eigenvalue weighted by atomic mass is 9.99. The zero-order valence-electron chi connectivity index (χ0n) is 19.1. The molecule has 0 fully saturated rings. The summed E-state index contributed by atoms with van der Waals surface area (Å²) in [7, 11) is -3.76. The highest BCUT2D eigenvalue weighted by Crippen LogP contribution is 2.35. The summed E-state index contributed by atoms with van der Waals surface area (Å²) in [5.74, 6) is -0.346. The van der Waals surface area contributed by atoms with Gasteiger partial charge < -0.3 is 0 Å². The summed E-state index contributed by atoms with van der Waals surface area (Å²) in [5, 5.41) is 0. The van der Waals surface area contributed by atoms with Crippen molar-refractivity contribution in [2.24, 2.45) is 0 Å². The van der Waals surface area contributed by atoms with Crippen LogP contribution in [0.25, 0.3) is 0 Å². The van der Waals surface area contributed by atoms with Gasteiger partial charge in [-0.25, -0.2) is 12.8 Å². The van der Waals surface area contributed by atoms with Gasteiger partial charge in [-0.3, -0.25) is 4.31 Å². The highest BCUT2D eigenvalue weighted by molar-refractivity contribution is 7.92. The Morgan fingerprint density at radius 2 is 1.76 bits per heavy atom. The number of thiocarbonyl (C=S) groups is 1. The van der Waals surface area contributed by atoms with Gasteiger partial charge in [-0.1, -0.05) is 48.1 Å². The predicted octanol–water partition coefficient (Wildman–Crippen LogP) is 6.13. The fourth-order valence-corrected chi connectivity index (χ4v) is 6.49. The van der Waals surface area contributed by atoms with Crippen LogP contribution < -0.4 is 4.31 Å². The number of aryl methyl sites for hydroxylation is 3. The molecule has 4 rings (SSSR count). The van der Waals surface area contributed by atoms with E-state index in [-0.39, 0.29) is 16.8 Å². The van der Waals surface area contributed by atoms with Crippen molar-refractivity contribution in [1.29, 1.82) is 0 Å². The standard InChI is InChI=1S/C27H28FNO2S2/c1-18-4-5-19(2)23(14-18)17-25(32)15-21-7-11-26(12-8-21)33(30,31)29-20(3)6-9-22-16-24(28)10-13-27(22)29/h4-5,7-8,10-14,16,20H,6,9,15,17H2,1-3H3. The average molecular weight is 482 g/mol. The number of hydrogen-bond donors (Lipinski definition) is 0. The quantitative estimate of drug-likeness (QED) is 0.398. The second-order valence-corrected chi connectivity index (χ2v) is 11.3. The van der Waals surface area contributed by atoms with Crippen LogP contribution in [0.2, 0.25) is 0 Å². The third-order valence-electron chi connectivity index (χ3n) is 6.28. The van der Waals surface area contributed by atoms with E-state index < -0.39 is 10.0 Å². The molecule has 1 aliphatic heterocycles. The maximum absolute atomic E-state index is 13.7. The summed E-state index contributed by atoms with van der Waals surface area (Å²) in [6.07, 6.45) is 2.66. The van der Waals surface area contributed by atoms with Crippen LogP contribution in [0.1, 0.15) is 41.2 Å². The summed E-state index contributed by atoms with van der Waals surface area (Å²) in [4.78, 5) is 1.15. The average Bonchev–Trinajstić information content (AvgIpc) is 2.76. The van der Waals surface area contributed by atoms with Gasteiger partial charge in [-0.2, -0.15) is 0 Å². The summed E-state index contributed by atoms with van der Waals surface area (Å²) < 4.78 is 42.1. The zero-order chi connectivity index (χ0) is 23.8. The van der Waals surface area contributed by atoms with Crippen LogP contribution in [0.5, 0.6) is 0 Å². The first-order chi connectivity index (χ1) is 15.6. The van der Waals surface area contributed by atoms with Crippen LogP contribution >= 0.6 is 12.2 Å². The van der Waals surface area contributed by atoms with E-state index in [0.29, 0.717) is 24.9 Å². The minimum absolute atomic E-state index is 0.196. The summed E-state index contributed by atoms with van der Waals surface area (Å²) in [6, 6.07) is 17.5. The Kier molecular flexibility index (Phi) is 6.68. The Labute approximate surface area is 201 Å². The van der Waals surface area contributed by atoms with E-state index in [9.17, 15) is 12.8 Å². The van der Waals surface area contributed by atoms with Crippen molar-refractivity contribution in [3.8, 4) is 0 Å². The molecule has 0 radical (unpaired) electrons. The number of halogens is 1. The second-order valence-electron chi connectivity index (χ2n) is 8.93. The van der Waals surface area contributed by atoms with Gasteiger partial charge >= 0.3 is 0 Å². The maximum atomic E-state index is 13.7. The Bertz CT molecular complexity index is 1300. The van der Waals surface area contributed by atoms with Gasteiger partial charge in [0.1, 0.15) is 5.82 Å². The molecule has 1 unspecified atom stereocenters. The predicted molar refractivity (Wildman–Crippen MR) is 136 cm³/mol. The minimum Gasteiger partial charge on any atom is -0.263 e. The molecule has 0 amide bonds. The number of hydrogen-bond acceptors (Lipinski definition) is 3. The number of nitrogens with zero attached hydrogens (tertiary/aromatic N) is 1. The lowest BCUT2D eigenvalue weighted by molar-refractivity contribution is 0.560. The molecular weight excluding hydrogens is 453 g/mol. The van der Waals surface area contributed by atoms with Crippen LogP contribution in [0.15, 0.2) is 65.6 Å². The molecule has 1 atom stereocenters. The number of benzene rings is 3. The molecule has 0 saturated heterocycles. The van der Waals surface area contributed by atoms with Gasteiger partial charge in [0.05, 0.1) is 10.6 Å². The van der Waals surface area contributed by atoms with Crippen molar-refractivity contribution in [1.82, 2.24) is 0 Å². The normalized spacial score (nSPS) is 15.9. The van der Waals surface area contributed by atoms with E-state index in [1.54, 1.807) is 18.2 Å². The van der Waals surface area contributed by atoms with E-state index in [4.69, 9.17) is 12.2 Å². The molecule has 0 N–H and O–H groups in total. The van der Waals surface area contributed by atoms with Gasteiger partial charge in [-0.05, 0) is 86.2 Å². The smallest absolute Gasteiger partial charge is 0.263 e. The second kappa shape index (κ2) is 9.35. The van der Waals surface area contributed by atoms with E-state index in [0.717, 1.165) is 22.4 Å². The molecular formula is C27H28FNO2S2. The molecule has 0 bridgehead atoms. The summed E-state index contributed by atoms with van der Waals surface area (Å²) in [5.41, 5.74) is 5.94. The van der Waals surface area contributed by atoms with Crippen molar-refractivity contribution in [3.05, 3.63) is 94.3 Å². The molecule has 6 heteroatoms. The molecule has 0 saturated carbocycles. The molecule has 0 aromatic heterocycles. The Hall–Kier alpha value is -2.57. The summed E-state index contributed by atoms with van der Waals surface area (Å²) in [6.45, 7) is 6.05. The van der Waals surface area contributed by atoms with E-state index in [2.05, 4.69) is 32.0 Å². The van der Waals surface area contributed by atoms with Crippen molar-refractivity contribution in [3.63, 3.8) is 0 Å². The van der Waals surface area contributed by atoms with Crippen molar-refractivity contribution < 1.29 is 12.8 Å². The number of rotatable bonds is 6. The zero-order valence-corrected chi connectivity index (χ0v) is 20.8. The fraction of sp³-hybridized carbons (Fsp3) is 0.296. The lowest BCUT2D eigenvalue weighted by Gasteiger charge is -2.36. The third-order valence-corrected chi connectivity index (χ3v) is 8.52. The molecule has 33 heavy (non-hydrogen) atoms. The molecule has 1 heterocycles. The fourth-order valence-electron chi connectivity index (χ4n) is 4.44. The highest BCUT2D eigenvalue weighted by atomic mass is 32.2. The van der Waals surface area contributed by atoms with Gasteiger partial charge in [0.25, 0.3) is 10.0 Å². The lowest BCUT2D eigenvalue weighted by Crippen LogP contribution is -2.42. The van der Waals surface area contributed by atoms with Gasteiger partial charge in [0, 0.05) is 23.7 Å². The first-order valence-electron chi connectivity index (χ1n) is 11.1. The highest BCUT2D eigenvalue weighted by Gasteiger charge is 2.33. The van der Waals surface area contributed by atoms with Gasteiger partial charge in [0.15, 0.2) is 0 Å². The van der Waals surface area contributed by atoms with Crippen molar-refractivity contribution in [2.75, 3.05) is 4.31 Å². The molecule has 1 aliphatic rings. The topological polar surface area (TPSA) is 37.4 Å². The molecule has 0 spiro atoms. The summed E-state index contributed by atoms with van der Waals surface area (Å²) >= 11 is 5.64. The third kappa shape index (κ3) is 5.02. The van der Waals surface area contributed by atoms with Crippen LogP contribution in [0, 0.1) is 19.7 Å². The Balaban J connectivity index is 1.53. The van der Waals surface area contributed by atoms with Crippen molar-refractivity contribution >= 4 is 32.8 Å². The SMILES string of the molecule is Cc1ccc(C)c(CC(=S)Cc2ccc(S(=O)(=O)N3c4ccc(F)cc4CCC3C)cc2)c1. The molecule has 3 nitrogen and oxygen atoms in total. The maximum Gasteiger partial charge on any atom is 0.264 e. The van der Waals surface area contributed by atoms with Crippen molar-refractivity contribution in [2.45, 2.75) is 57.4 Å². The molecule has 0 aliphatic carbocycles. The molecule has 172 valence electrons. The van der Waals surface area contributed by atoms with Gasteiger partial charge in [-0.15, -0.1) is 0 Å². The van der Waals surface area contributed by atoms with E-state index in [1.807, 2.05) is 19.1 Å². The monoisotopic (exact) mass is 481 g/mol. The van der Waals surface area contributed by atoms with Crippen LogP contribution in [-0.2, 0) is 29.3 Å². The van der Waals surface area contributed by atoms with E-state index in [1.165, 1.54) is 33.1 Å². The first kappa shape index (κ1) is 23.6. The van der Waals surface area contributed by atoms with Crippen LogP contribution in [-0.4, -0.2) is 19.3 Å². The number of sulfonamides is 1. The van der Waals surface area contributed by atoms with Gasteiger partial charge in [0.2, 0.25) is 0 Å². The minimum atomic E-state index is -3.76. The van der Waals surface area contributed by atoms with E-state index >= 15 is 0 Å². The first-order valence-corrected chi connectivity index (χ1v) is 13.0. The number of anilines is 1.